The molecule has 0 radical (unpaired) electrons. The van der Waals surface area contributed by atoms with Gasteiger partial charge >= 0.3 is 12.1 Å². The van der Waals surface area contributed by atoms with Crippen molar-refractivity contribution in [2.45, 2.75) is 83.5 Å². The molecule has 1 aliphatic carbocycles. The third-order valence-electron chi connectivity index (χ3n) is 7.47. The van der Waals surface area contributed by atoms with E-state index in [4.69, 9.17) is 9.47 Å². The number of aliphatic hydroxyl groups excluding tert-OH is 1. The first-order valence-electron chi connectivity index (χ1n) is 14.9. The number of aromatic carboxylic acids is 1. The van der Waals surface area contributed by atoms with Gasteiger partial charge in [0.05, 0.1) is 18.8 Å². The predicted octanol–water partition coefficient (Wildman–Crippen LogP) is 7.67. The van der Waals surface area contributed by atoms with Crippen molar-refractivity contribution >= 4 is 12.1 Å². The van der Waals surface area contributed by atoms with Crippen molar-refractivity contribution in [3.8, 4) is 16.9 Å². The van der Waals surface area contributed by atoms with E-state index in [2.05, 4.69) is 12.1 Å². The SMILES string of the molecule is CC(C)(C)OC(=O)N(CCCc1ccc(-c2ccc(C(=O)O)c(OC3CCCCC3)c2)cc1)C[C@H](O)c1ccccc1. The van der Waals surface area contributed by atoms with Crippen LogP contribution in [-0.4, -0.2) is 52.0 Å². The number of benzene rings is 3. The van der Waals surface area contributed by atoms with Crippen LogP contribution in [0.1, 0.15) is 86.9 Å². The topological polar surface area (TPSA) is 96.3 Å². The number of carbonyl (C=O) groups excluding carboxylic acids is 1. The number of aliphatic hydroxyl groups is 1. The van der Waals surface area contributed by atoms with Crippen LogP contribution < -0.4 is 4.74 Å². The molecule has 224 valence electrons. The van der Waals surface area contributed by atoms with Gasteiger partial charge in [-0.25, -0.2) is 9.59 Å². The molecule has 0 spiro atoms. The molecule has 0 aliphatic heterocycles. The van der Waals surface area contributed by atoms with Crippen LogP contribution in [0.4, 0.5) is 4.79 Å². The summed E-state index contributed by atoms with van der Waals surface area (Å²) in [5.74, 6) is -0.560. The van der Waals surface area contributed by atoms with Crippen LogP contribution in [-0.2, 0) is 11.2 Å². The molecule has 0 bridgehead atoms. The summed E-state index contributed by atoms with van der Waals surface area (Å²) in [6.07, 6.45) is 5.58. The van der Waals surface area contributed by atoms with Crippen LogP contribution in [0, 0.1) is 0 Å². The Labute approximate surface area is 249 Å². The average Bonchev–Trinajstić information content (AvgIpc) is 2.97. The third-order valence-corrected chi connectivity index (χ3v) is 7.47. The summed E-state index contributed by atoms with van der Waals surface area (Å²) in [4.78, 5) is 26.3. The summed E-state index contributed by atoms with van der Waals surface area (Å²) in [7, 11) is 0. The van der Waals surface area contributed by atoms with Crippen molar-refractivity contribution in [1.29, 1.82) is 0 Å². The molecular formula is C35H43NO6. The van der Waals surface area contributed by atoms with E-state index in [0.29, 0.717) is 18.7 Å². The Balaban J connectivity index is 1.40. The third kappa shape index (κ3) is 9.08. The molecule has 0 saturated heterocycles. The van der Waals surface area contributed by atoms with Gasteiger partial charge in [0.1, 0.15) is 16.9 Å². The molecule has 7 heteroatoms. The number of ether oxygens (including phenoxy) is 2. The minimum atomic E-state index is -0.987. The van der Waals surface area contributed by atoms with E-state index in [0.717, 1.165) is 54.4 Å². The molecule has 0 heterocycles. The molecule has 2 N–H and O–H groups in total. The molecule has 0 unspecified atom stereocenters. The van der Waals surface area contributed by atoms with Crippen LogP contribution in [0.3, 0.4) is 0 Å². The van der Waals surface area contributed by atoms with Crippen molar-refractivity contribution in [2.24, 2.45) is 0 Å². The lowest BCUT2D eigenvalue weighted by atomic mass is 9.97. The van der Waals surface area contributed by atoms with Gasteiger partial charge < -0.3 is 24.6 Å². The summed E-state index contributed by atoms with van der Waals surface area (Å²) in [5.41, 5.74) is 3.31. The summed E-state index contributed by atoms with van der Waals surface area (Å²) in [5, 5.41) is 20.4. The van der Waals surface area contributed by atoms with Crippen molar-refractivity contribution in [3.05, 3.63) is 89.5 Å². The zero-order valence-corrected chi connectivity index (χ0v) is 24.9. The van der Waals surface area contributed by atoms with Gasteiger partial charge in [-0.15, -0.1) is 0 Å². The number of hydrogen-bond donors (Lipinski definition) is 2. The van der Waals surface area contributed by atoms with E-state index in [-0.39, 0.29) is 18.2 Å². The molecule has 1 atom stereocenters. The average molecular weight is 574 g/mol. The maximum atomic E-state index is 12.9. The highest BCUT2D eigenvalue weighted by atomic mass is 16.6. The molecule has 1 fully saturated rings. The minimum absolute atomic E-state index is 0.0588. The van der Waals surface area contributed by atoms with E-state index in [1.165, 1.54) is 6.42 Å². The first-order valence-corrected chi connectivity index (χ1v) is 14.9. The van der Waals surface area contributed by atoms with Gasteiger partial charge in [-0.05, 0) is 93.7 Å². The van der Waals surface area contributed by atoms with Gasteiger partial charge in [-0.2, -0.15) is 0 Å². The maximum absolute atomic E-state index is 12.9. The minimum Gasteiger partial charge on any atom is -0.490 e. The number of nitrogens with zero attached hydrogens (tertiary/aromatic N) is 1. The highest BCUT2D eigenvalue weighted by Crippen LogP contribution is 2.31. The van der Waals surface area contributed by atoms with Gasteiger partial charge in [0.25, 0.3) is 0 Å². The van der Waals surface area contributed by atoms with E-state index in [9.17, 15) is 19.8 Å². The van der Waals surface area contributed by atoms with Gasteiger partial charge in [0, 0.05) is 6.54 Å². The lowest BCUT2D eigenvalue weighted by molar-refractivity contribution is 0.0142. The second kappa shape index (κ2) is 14.4. The predicted molar refractivity (Wildman–Crippen MR) is 164 cm³/mol. The number of hydrogen-bond acceptors (Lipinski definition) is 5. The summed E-state index contributed by atoms with van der Waals surface area (Å²) >= 11 is 0. The zero-order chi connectivity index (χ0) is 30.1. The molecular weight excluding hydrogens is 530 g/mol. The highest BCUT2D eigenvalue weighted by Gasteiger charge is 2.24. The summed E-state index contributed by atoms with van der Waals surface area (Å²) < 4.78 is 11.8. The molecule has 4 rings (SSSR count). The smallest absolute Gasteiger partial charge is 0.410 e. The standard InChI is InChI=1S/C35H43NO6/c1-35(2,3)42-34(40)36(24-31(37)27-12-6-4-7-13-27)22-10-11-25-16-18-26(19-17-25)28-20-21-30(33(38)39)32(23-28)41-29-14-8-5-9-15-29/h4,6-7,12-13,16-21,23,29,31,37H,5,8-11,14-15,22,24H2,1-3H3,(H,38,39)/t31-/m0/s1. The Morgan fingerprint density at radius 3 is 2.24 bits per heavy atom. The Morgan fingerprint density at radius 1 is 0.929 bits per heavy atom. The van der Waals surface area contributed by atoms with Gasteiger partial charge in [0.15, 0.2) is 0 Å². The molecule has 3 aromatic rings. The van der Waals surface area contributed by atoms with E-state index < -0.39 is 23.8 Å². The molecule has 42 heavy (non-hydrogen) atoms. The van der Waals surface area contributed by atoms with E-state index in [1.807, 2.05) is 75.4 Å². The second-order valence-electron chi connectivity index (χ2n) is 12.0. The molecule has 1 amide bonds. The monoisotopic (exact) mass is 573 g/mol. The second-order valence-corrected chi connectivity index (χ2v) is 12.0. The molecule has 3 aromatic carbocycles. The lowest BCUT2D eigenvalue weighted by Crippen LogP contribution is -2.40. The van der Waals surface area contributed by atoms with Crippen LogP contribution in [0.2, 0.25) is 0 Å². The molecule has 0 aromatic heterocycles. The normalized spacial score (nSPS) is 14.7. The van der Waals surface area contributed by atoms with Crippen LogP contribution in [0.15, 0.2) is 72.8 Å². The Bertz CT molecular complexity index is 1310. The van der Waals surface area contributed by atoms with E-state index in [1.54, 1.807) is 11.0 Å². The maximum Gasteiger partial charge on any atom is 0.410 e. The molecule has 1 aliphatic rings. The Hall–Kier alpha value is -3.84. The molecule has 1 saturated carbocycles. The highest BCUT2D eigenvalue weighted by molar-refractivity contribution is 5.92. The lowest BCUT2D eigenvalue weighted by Gasteiger charge is -2.29. The summed E-state index contributed by atoms with van der Waals surface area (Å²) in [6.45, 7) is 6.09. The number of carboxylic acids is 1. The van der Waals surface area contributed by atoms with Gasteiger partial charge in [0.2, 0.25) is 0 Å². The van der Waals surface area contributed by atoms with Crippen LogP contribution >= 0.6 is 0 Å². The van der Waals surface area contributed by atoms with Crippen LogP contribution in [0.25, 0.3) is 11.1 Å². The van der Waals surface area contributed by atoms with E-state index >= 15 is 0 Å². The quantitative estimate of drug-likeness (QED) is 0.244. The Morgan fingerprint density at radius 2 is 1.60 bits per heavy atom. The van der Waals surface area contributed by atoms with Gasteiger partial charge in [-0.1, -0.05) is 67.1 Å². The van der Waals surface area contributed by atoms with Crippen molar-refractivity contribution < 1.29 is 29.3 Å². The van der Waals surface area contributed by atoms with Crippen LogP contribution in [0.5, 0.6) is 5.75 Å². The van der Waals surface area contributed by atoms with Crippen molar-refractivity contribution in [3.63, 3.8) is 0 Å². The Kier molecular flexibility index (Phi) is 10.6. The first kappa shape index (κ1) is 31.1. The molecule has 7 nitrogen and oxygen atoms in total. The number of carbonyl (C=O) groups is 2. The number of rotatable bonds is 11. The fourth-order valence-corrected chi connectivity index (χ4v) is 5.25. The van der Waals surface area contributed by atoms with Crippen molar-refractivity contribution in [1.82, 2.24) is 4.90 Å². The fourth-order valence-electron chi connectivity index (χ4n) is 5.25. The van der Waals surface area contributed by atoms with Crippen molar-refractivity contribution in [2.75, 3.05) is 13.1 Å². The van der Waals surface area contributed by atoms with Gasteiger partial charge in [-0.3, -0.25) is 0 Å². The number of amides is 1. The largest absolute Gasteiger partial charge is 0.490 e. The summed E-state index contributed by atoms with van der Waals surface area (Å²) in [6, 6.07) is 22.8. The first-order chi connectivity index (χ1) is 20.1. The number of carboxylic acid groups (broad SMARTS) is 1. The zero-order valence-electron chi connectivity index (χ0n) is 24.9. The number of aryl methyl sites for hydroxylation is 1. The fraction of sp³-hybridized carbons (Fsp3) is 0.429.